The molecular weight excluding hydrogens is 272 g/mol. The van der Waals surface area contributed by atoms with Crippen LogP contribution in [0, 0.1) is 0 Å². The fourth-order valence-electron chi connectivity index (χ4n) is 2.45. The Hall–Kier alpha value is -2.44. The van der Waals surface area contributed by atoms with E-state index in [-0.39, 0.29) is 11.9 Å². The molecule has 0 bridgehead atoms. The molecule has 0 spiro atoms. The number of benzene rings is 1. The molecule has 0 saturated carbocycles. The van der Waals surface area contributed by atoms with E-state index in [1.165, 1.54) is 7.11 Å². The molecule has 7 heteroatoms. The summed E-state index contributed by atoms with van der Waals surface area (Å²) in [6.07, 6.45) is 0.399. The van der Waals surface area contributed by atoms with Crippen LogP contribution in [0.1, 0.15) is 16.8 Å². The highest BCUT2D eigenvalue weighted by molar-refractivity contribution is 5.96. The van der Waals surface area contributed by atoms with Gasteiger partial charge in [-0.1, -0.05) is 0 Å². The fourth-order valence-corrected chi connectivity index (χ4v) is 2.45. The van der Waals surface area contributed by atoms with Gasteiger partial charge in [0.1, 0.15) is 0 Å². The average Bonchev–Trinajstić information content (AvgIpc) is 2.94. The van der Waals surface area contributed by atoms with Crippen molar-refractivity contribution in [1.29, 1.82) is 0 Å². The first-order valence-electron chi connectivity index (χ1n) is 6.76. The molecule has 1 saturated heterocycles. The summed E-state index contributed by atoms with van der Waals surface area (Å²) in [6.45, 7) is 1.46. The highest BCUT2D eigenvalue weighted by Gasteiger charge is 2.25. The average molecular weight is 292 g/mol. The van der Waals surface area contributed by atoms with Gasteiger partial charge < -0.3 is 26.0 Å². The first-order chi connectivity index (χ1) is 10.0. The molecule has 21 heavy (non-hydrogen) atoms. The first-order valence-corrected chi connectivity index (χ1v) is 6.76. The first kappa shape index (κ1) is 15.0. The van der Waals surface area contributed by atoms with Gasteiger partial charge in [0, 0.05) is 25.7 Å². The summed E-state index contributed by atoms with van der Waals surface area (Å²) in [5.74, 6) is -0.167. The summed E-state index contributed by atoms with van der Waals surface area (Å²) < 4.78 is 4.59. The highest BCUT2D eigenvalue weighted by atomic mass is 16.5. The number of carbonyl (C=O) groups excluding carboxylic acids is 2. The third kappa shape index (κ3) is 3.36. The number of methoxy groups -OCH3 is 1. The summed E-state index contributed by atoms with van der Waals surface area (Å²) in [5, 5.41) is 5.34. The molecule has 0 radical (unpaired) electrons. The van der Waals surface area contributed by atoms with Gasteiger partial charge in [0.25, 0.3) is 5.91 Å². The van der Waals surface area contributed by atoms with Gasteiger partial charge in [-0.05, 0) is 24.6 Å². The molecule has 1 atom stereocenters. The van der Waals surface area contributed by atoms with Crippen LogP contribution in [0.3, 0.4) is 0 Å². The van der Waals surface area contributed by atoms with E-state index in [4.69, 9.17) is 5.73 Å². The van der Waals surface area contributed by atoms with Gasteiger partial charge in [0.05, 0.1) is 24.5 Å². The lowest BCUT2D eigenvalue weighted by molar-refractivity contribution is 0.0963. The van der Waals surface area contributed by atoms with E-state index in [1.54, 1.807) is 19.2 Å². The fraction of sp³-hybridized carbons (Fsp3) is 0.429. The SMILES string of the molecule is CNC(=O)c1ccc(N2CCC(NC(=O)OC)C2)c(N)c1. The number of ether oxygens (including phenoxy) is 1. The zero-order valence-corrected chi connectivity index (χ0v) is 12.2. The maximum atomic E-state index is 11.6. The Bertz CT molecular complexity index is 547. The van der Waals surface area contributed by atoms with Crippen molar-refractivity contribution in [2.24, 2.45) is 0 Å². The largest absolute Gasteiger partial charge is 0.453 e. The lowest BCUT2D eigenvalue weighted by Gasteiger charge is -2.21. The van der Waals surface area contributed by atoms with Crippen LogP contribution in [0.2, 0.25) is 0 Å². The number of anilines is 2. The number of nitrogen functional groups attached to an aromatic ring is 1. The lowest BCUT2D eigenvalue weighted by atomic mass is 10.1. The Morgan fingerprint density at radius 1 is 1.43 bits per heavy atom. The predicted molar refractivity (Wildman–Crippen MR) is 80.4 cm³/mol. The van der Waals surface area contributed by atoms with Crippen LogP contribution in [0.4, 0.5) is 16.2 Å². The Morgan fingerprint density at radius 2 is 2.19 bits per heavy atom. The molecule has 2 amide bonds. The number of nitrogens with one attached hydrogen (secondary N) is 2. The van der Waals surface area contributed by atoms with Crippen molar-refractivity contribution in [3.05, 3.63) is 23.8 Å². The zero-order chi connectivity index (χ0) is 15.4. The number of hydrogen-bond donors (Lipinski definition) is 3. The Balaban J connectivity index is 2.06. The molecule has 1 heterocycles. The molecule has 1 aromatic carbocycles. The number of alkyl carbamates (subject to hydrolysis) is 1. The molecule has 114 valence electrons. The van der Waals surface area contributed by atoms with Crippen LogP contribution in [0.5, 0.6) is 0 Å². The van der Waals surface area contributed by atoms with Crippen LogP contribution in [-0.4, -0.2) is 45.3 Å². The summed E-state index contributed by atoms with van der Waals surface area (Å²) in [6, 6.07) is 5.27. The molecule has 1 unspecified atom stereocenters. The predicted octanol–water partition coefficient (Wildman–Crippen LogP) is 0.563. The van der Waals surface area contributed by atoms with Gasteiger partial charge >= 0.3 is 6.09 Å². The number of nitrogens with zero attached hydrogens (tertiary/aromatic N) is 1. The standard InChI is InChI=1S/C14H20N4O3/c1-16-13(19)9-3-4-12(11(15)7-9)18-6-5-10(8-18)17-14(20)21-2/h3-4,7,10H,5-6,8,15H2,1-2H3,(H,16,19)(H,17,20). The molecule has 0 aliphatic carbocycles. The molecule has 0 aromatic heterocycles. The minimum absolute atomic E-state index is 0.0375. The van der Waals surface area contributed by atoms with Crippen molar-refractivity contribution in [2.45, 2.75) is 12.5 Å². The van der Waals surface area contributed by atoms with Crippen molar-refractivity contribution in [3.8, 4) is 0 Å². The van der Waals surface area contributed by atoms with Gasteiger partial charge in [0.15, 0.2) is 0 Å². The molecular formula is C14H20N4O3. The van der Waals surface area contributed by atoms with Crippen molar-refractivity contribution in [2.75, 3.05) is 37.9 Å². The van der Waals surface area contributed by atoms with Crippen molar-refractivity contribution >= 4 is 23.4 Å². The summed E-state index contributed by atoms with van der Waals surface area (Å²) in [7, 11) is 2.92. The summed E-state index contributed by atoms with van der Waals surface area (Å²) in [4.78, 5) is 24.9. The summed E-state index contributed by atoms with van der Waals surface area (Å²) in [5.41, 5.74) is 7.99. The second-order valence-corrected chi connectivity index (χ2v) is 4.92. The van der Waals surface area contributed by atoms with E-state index in [2.05, 4.69) is 20.3 Å². The monoisotopic (exact) mass is 292 g/mol. The molecule has 1 aliphatic heterocycles. The van der Waals surface area contributed by atoms with Gasteiger partial charge in [-0.15, -0.1) is 0 Å². The van der Waals surface area contributed by atoms with E-state index in [0.29, 0.717) is 17.8 Å². The lowest BCUT2D eigenvalue weighted by Crippen LogP contribution is -2.37. The van der Waals surface area contributed by atoms with Crippen LogP contribution in [0.25, 0.3) is 0 Å². The Labute approximate surface area is 123 Å². The normalized spacial score (nSPS) is 17.4. The maximum Gasteiger partial charge on any atom is 0.407 e. The minimum Gasteiger partial charge on any atom is -0.453 e. The number of rotatable bonds is 3. The van der Waals surface area contributed by atoms with Gasteiger partial charge in [-0.25, -0.2) is 4.79 Å². The van der Waals surface area contributed by atoms with E-state index >= 15 is 0 Å². The van der Waals surface area contributed by atoms with Crippen LogP contribution >= 0.6 is 0 Å². The topological polar surface area (TPSA) is 96.7 Å². The minimum atomic E-state index is -0.426. The smallest absolute Gasteiger partial charge is 0.407 e. The van der Waals surface area contributed by atoms with Crippen LogP contribution in [0.15, 0.2) is 18.2 Å². The Kier molecular flexibility index (Phi) is 4.52. The number of carbonyl (C=O) groups is 2. The second-order valence-electron chi connectivity index (χ2n) is 4.92. The van der Waals surface area contributed by atoms with Crippen LogP contribution in [-0.2, 0) is 4.74 Å². The quantitative estimate of drug-likeness (QED) is 0.707. The molecule has 1 aromatic rings. The number of amides is 2. The van der Waals surface area contributed by atoms with Crippen LogP contribution < -0.4 is 21.3 Å². The molecule has 7 nitrogen and oxygen atoms in total. The van der Waals surface area contributed by atoms with Crippen molar-refractivity contribution in [3.63, 3.8) is 0 Å². The number of hydrogen-bond acceptors (Lipinski definition) is 5. The second kappa shape index (κ2) is 6.34. The van der Waals surface area contributed by atoms with Crippen molar-refractivity contribution in [1.82, 2.24) is 10.6 Å². The molecule has 2 rings (SSSR count). The Morgan fingerprint density at radius 3 is 2.81 bits per heavy atom. The highest BCUT2D eigenvalue weighted by Crippen LogP contribution is 2.27. The molecule has 1 aliphatic rings. The third-order valence-electron chi connectivity index (χ3n) is 3.55. The van der Waals surface area contributed by atoms with E-state index in [1.807, 2.05) is 6.07 Å². The summed E-state index contributed by atoms with van der Waals surface area (Å²) >= 11 is 0. The zero-order valence-electron chi connectivity index (χ0n) is 12.2. The number of nitrogens with two attached hydrogens (primary N) is 1. The van der Waals surface area contributed by atoms with E-state index in [0.717, 1.165) is 18.7 Å². The van der Waals surface area contributed by atoms with Gasteiger partial charge in [0.2, 0.25) is 0 Å². The van der Waals surface area contributed by atoms with E-state index < -0.39 is 6.09 Å². The maximum absolute atomic E-state index is 11.6. The van der Waals surface area contributed by atoms with Crippen molar-refractivity contribution < 1.29 is 14.3 Å². The van der Waals surface area contributed by atoms with E-state index in [9.17, 15) is 9.59 Å². The third-order valence-corrected chi connectivity index (χ3v) is 3.55. The van der Waals surface area contributed by atoms with Gasteiger partial charge in [-0.3, -0.25) is 4.79 Å². The van der Waals surface area contributed by atoms with Gasteiger partial charge in [-0.2, -0.15) is 0 Å². The molecule has 4 N–H and O–H groups in total. The molecule has 1 fully saturated rings.